The molecule has 1 atom stereocenters. The second-order valence-corrected chi connectivity index (χ2v) is 8.85. The van der Waals surface area contributed by atoms with Crippen LogP contribution in [0.2, 0.25) is 0 Å². The van der Waals surface area contributed by atoms with Crippen molar-refractivity contribution in [1.29, 1.82) is 0 Å². The van der Waals surface area contributed by atoms with E-state index in [-0.39, 0.29) is 18.4 Å². The zero-order valence-electron chi connectivity index (χ0n) is 20.0. The fourth-order valence-corrected chi connectivity index (χ4v) is 4.48. The smallest absolute Gasteiger partial charge is 0.355 e. The summed E-state index contributed by atoms with van der Waals surface area (Å²) >= 11 is 0. The summed E-state index contributed by atoms with van der Waals surface area (Å²) in [5, 5.41) is 5.75. The second kappa shape index (κ2) is 10.2. The Balaban J connectivity index is 1.81. The van der Waals surface area contributed by atoms with Gasteiger partial charge in [-0.25, -0.2) is 0 Å². The van der Waals surface area contributed by atoms with E-state index in [0.717, 1.165) is 55.4 Å². The van der Waals surface area contributed by atoms with Crippen molar-refractivity contribution < 1.29 is 13.2 Å². The molecular formula is C25H30F3N7. The first-order chi connectivity index (χ1) is 16.8. The monoisotopic (exact) mass is 485 g/mol. The molecule has 2 fully saturated rings. The molecule has 0 radical (unpaired) electrons. The summed E-state index contributed by atoms with van der Waals surface area (Å²) in [6.07, 6.45) is 4.76. The molecule has 2 aliphatic heterocycles. The summed E-state index contributed by atoms with van der Waals surface area (Å²) in [6, 6.07) is 0.226. The van der Waals surface area contributed by atoms with E-state index in [4.69, 9.17) is 4.99 Å². The van der Waals surface area contributed by atoms with Crippen LogP contribution in [0.15, 0.2) is 62.9 Å². The van der Waals surface area contributed by atoms with Crippen molar-refractivity contribution in [3.8, 4) is 0 Å². The zero-order chi connectivity index (χ0) is 25.2. The topological polar surface area (TPSA) is 77.3 Å². The molecule has 1 unspecified atom stereocenters. The number of nitrogens with zero attached hydrogens (tertiary/aromatic N) is 5. The molecule has 1 aromatic heterocycles. The lowest BCUT2D eigenvalue weighted by atomic mass is 10.0. The molecule has 35 heavy (non-hydrogen) atoms. The number of rotatable bonds is 7. The number of aliphatic imine (C=N–C) groups is 3. The minimum atomic E-state index is -4.51. The zero-order valence-corrected chi connectivity index (χ0v) is 20.0. The van der Waals surface area contributed by atoms with Crippen LogP contribution in [-0.4, -0.2) is 74.2 Å². The van der Waals surface area contributed by atoms with Gasteiger partial charge < -0.3 is 15.5 Å². The molecule has 7 nitrogen and oxygen atoms in total. The van der Waals surface area contributed by atoms with Gasteiger partial charge in [0.15, 0.2) is 0 Å². The average molecular weight is 486 g/mol. The standard InChI is InChI=1S/C25H30F3N7/c1-5-15(18-10-21(25(26,27)28)34-23(18)30-3)11-33-24(35(4)17-8-9-31-12-17)22-19(16-6-7-16)13-32-14-20(22)29-2/h5,10,13-14,16-17,31H,1-2,6-9,11-12H2,3-4H3,(H,30,34)/b18-15+,33-24?. The number of allylic oxidation sites excluding steroid dienone is 1. The molecule has 10 heteroatoms. The molecule has 0 amide bonds. The van der Waals surface area contributed by atoms with Gasteiger partial charge in [0.05, 0.1) is 18.4 Å². The number of amidine groups is 2. The van der Waals surface area contributed by atoms with Crippen molar-refractivity contribution in [2.24, 2.45) is 15.0 Å². The van der Waals surface area contributed by atoms with Gasteiger partial charge in [0.25, 0.3) is 0 Å². The predicted octanol–water partition coefficient (Wildman–Crippen LogP) is 3.89. The molecule has 3 heterocycles. The lowest BCUT2D eigenvalue weighted by molar-refractivity contribution is -0.0944. The Morgan fingerprint density at radius 1 is 1.29 bits per heavy atom. The fourth-order valence-electron chi connectivity index (χ4n) is 4.48. The largest absolute Gasteiger partial charge is 0.431 e. The Labute approximate surface area is 203 Å². The molecule has 1 aromatic rings. The van der Waals surface area contributed by atoms with Gasteiger partial charge >= 0.3 is 6.18 Å². The highest BCUT2D eigenvalue weighted by Gasteiger charge is 2.39. The molecule has 186 valence electrons. The third-order valence-corrected chi connectivity index (χ3v) is 6.60. The van der Waals surface area contributed by atoms with Crippen LogP contribution >= 0.6 is 0 Å². The summed E-state index contributed by atoms with van der Waals surface area (Å²) in [5.41, 5.74) is 2.65. The number of hydrogen-bond acceptors (Lipinski definition) is 5. The van der Waals surface area contributed by atoms with Crippen molar-refractivity contribution in [1.82, 2.24) is 20.5 Å². The molecule has 3 aliphatic rings. The Kier molecular flexibility index (Phi) is 7.20. The van der Waals surface area contributed by atoms with Crippen LogP contribution in [0.3, 0.4) is 0 Å². The fraction of sp³-hybridized carbons (Fsp3) is 0.440. The maximum Gasteiger partial charge on any atom is 0.431 e. The number of likely N-dealkylation sites (N-methyl/N-ethyl adjacent to an activating group) is 1. The van der Waals surface area contributed by atoms with Gasteiger partial charge in [-0.3, -0.25) is 20.0 Å². The summed E-state index contributed by atoms with van der Waals surface area (Å²) in [5.74, 6) is 1.27. The Morgan fingerprint density at radius 3 is 2.63 bits per heavy atom. The van der Waals surface area contributed by atoms with Crippen molar-refractivity contribution in [2.45, 2.75) is 37.4 Å². The lowest BCUT2D eigenvalue weighted by Crippen LogP contribution is -2.39. The molecule has 0 bridgehead atoms. The molecular weight excluding hydrogens is 455 g/mol. The van der Waals surface area contributed by atoms with Gasteiger partial charge in [-0.1, -0.05) is 12.7 Å². The highest BCUT2D eigenvalue weighted by molar-refractivity contribution is 6.07. The SMILES string of the molecule is C=C/C(CN=C(c1c(N=C)cncc1C1CC1)N(C)C1CCNC1)=C1/C=C(C(F)(F)F)NC1=NC. The quantitative estimate of drug-likeness (QED) is 0.454. The van der Waals surface area contributed by atoms with E-state index in [1.165, 1.54) is 13.1 Å². The van der Waals surface area contributed by atoms with Crippen LogP contribution in [0, 0.1) is 0 Å². The first kappa shape index (κ1) is 24.8. The van der Waals surface area contributed by atoms with Gasteiger partial charge in [-0.2, -0.15) is 13.2 Å². The molecule has 1 saturated carbocycles. The predicted molar refractivity (Wildman–Crippen MR) is 134 cm³/mol. The number of nitrogens with one attached hydrogen (secondary N) is 2. The Morgan fingerprint density at radius 2 is 2.06 bits per heavy atom. The maximum atomic E-state index is 13.3. The molecule has 1 aliphatic carbocycles. The molecule has 1 saturated heterocycles. The number of alkyl halides is 3. The maximum absolute atomic E-state index is 13.3. The number of pyridine rings is 1. The van der Waals surface area contributed by atoms with Crippen LogP contribution in [0.25, 0.3) is 0 Å². The van der Waals surface area contributed by atoms with Gasteiger partial charge in [-0.05, 0) is 55.7 Å². The van der Waals surface area contributed by atoms with Gasteiger partial charge in [0.2, 0.25) is 0 Å². The van der Waals surface area contributed by atoms with Crippen LogP contribution < -0.4 is 10.6 Å². The summed E-state index contributed by atoms with van der Waals surface area (Å²) in [4.78, 5) is 19.7. The van der Waals surface area contributed by atoms with E-state index in [1.54, 1.807) is 6.20 Å². The van der Waals surface area contributed by atoms with Gasteiger partial charge in [-0.15, -0.1) is 0 Å². The van der Waals surface area contributed by atoms with Crippen molar-refractivity contribution in [3.05, 3.63) is 59.1 Å². The number of hydrogen-bond donors (Lipinski definition) is 2. The molecule has 4 rings (SSSR count). The first-order valence-electron chi connectivity index (χ1n) is 11.6. The van der Waals surface area contributed by atoms with E-state index >= 15 is 0 Å². The molecule has 0 spiro atoms. The van der Waals surface area contributed by atoms with Crippen molar-refractivity contribution in [3.63, 3.8) is 0 Å². The summed E-state index contributed by atoms with van der Waals surface area (Å²) in [6.45, 7) is 9.44. The van der Waals surface area contributed by atoms with E-state index in [2.05, 4.69) is 43.8 Å². The van der Waals surface area contributed by atoms with Crippen LogP contribution in [0.1, 0.15) is 36.3 Å². The highest BCUT2D eigenvalue weighted by Crippen LogP contribution is 2.44. The number of halogens is 3. The first-order valence-corrected chi connectivity index (χ1v) is 11.6. The Bertz CT molecular complexity index is 1120. The molecule has 2 N–H and O–H groups in total. The number of aromatic nitrogens is 1. The second-order valence-electron chi connectivity index (χ2n) is 8.85. The van der Waals surface area contributed by atoms with E-state index in [0.29, 0.717) is 22.8 Å². The minimum absolute atomic E-state index is 0.129. The van der Waals surface area contributed by atoms with E-state index in [1.807, 2.05) is 13.2 Å². The van der Waals surface area contributed by atoms with Gasteiger partial charge in [0, 0.05) is 44.0 Å². The highest BCUT2D eigenvalue weighted by atomic mass is 19.4. The van der Waals surface area contributed by atoms with E-state index < -0.39 is 11.9 Å². The van der Waals surface area contributed by atoms with Crippen molar-refractivity contribution in [2.75, 3.05) is 33.7 Å². The molecule has 0 aromatic carbocycles. The average Bonchev–Trinajstić information content (AvgIpc) is 3.35. The van der Waals surface area contributed by atoms with Crippen LogP contribution in [-0.2, 0) is 0 Å². The third-order valence-electron chi connectivity index (χ3n) is 6.60. The Hall–Kier alpha value is -3.27. The van der Waals surface area contributed by atoms with E-state index in [9.17, 15) is 13.2 Å². The third kappa shape index (κ3) is 5.22. The van der Waals surface area contributed by atoms with Crippen LogP contribution in [0.5, 0.6) is 0 Å². The lowest BCUT2D eigenvalue weighted by Gasteiger charge is -2.29. The van der Waals surface area contributed by atoms with Gasteiger partial charge in [0.1, 0.15) is 17.4 Å². The summed E-state index contributed by atoms with van der Waals surface area (Å²) in [7, 11) is 3.45. The van der Waals surface area contributed by atoms with Crippen molar-refractivity contribution >= 4 is 24.1 Å². The summed E-state index contributed by atoms with van der Waals surface area (Å²) < 4.78 is 40.0. The van der Waals surface area contributed by atoms with Crippen LogP contribution in [0.4, 0.5) is 18.9 Å². The normalized spacial score (nSPS) is 23.2. The minimum Gasteiger partial charge on any atom is -0.355 e.